The summed E-state index contributed by atoms with van der Waals surface area (Å²) in [5.41, 5.74) is 0.622. The van der Waals surface area contributed by atoms with Crippen LogP contribution in [0.1, 0.15) is 6.92 Å². The average Bonchev–Trinajstić information content (AvgIpc) is 2.28. The monoisotopic (exact) mass is 333 g/mol. The number of carbonyl (C=O) groups excluding carboxylic acids is 2. The molecule has 0 aliphatic carbocycles. The number of hydrogen-bond donors (Lipinski definition) is 3. The van der Waals surface area contributed by atoms with Crippen molar-refractivity contribution in [2.24, 2.45) is 0 Å². The van der Waals surface area contributed by atoms with Gasteiger partial charge >= 0.3 is 6.03 Å². The number of halogens is 2. The summed E-state index contributed by atoms with van der Waals surface area (Å²) in [4.78, 5) is 22.1. The van der Waals surface area contributed by atoms with Crippen LogP contribution in [0.5, 0.6) is 0 Å². The van der Waals surface area contributed by atoms with Gasteiger partial charge in [-0.2, -0.15) is 0 Å². The number of carbonyl (C=O) groups is 2. The lowest BCUT2D eigenvalue weighted by Crippen LogP contribution is -2.36. The van der Waals surface area contributed by atoms with Gasteiger partial charge in [0.1, 0.15) is 0 Å². The quantitative estimate of drug-likeness (QED) is 0.740. The van der Waals surface area contributed by atoms with E-state index in [4.69, 9.17) is 11.6 Å². The van der Waals surface area contributed by atoms with Gasteiger partial charge in [0.2, 0.25) is 5.91 Å². The molecule has 0 saturated carbocycles. The molecule has 0 unspecified atom stereocenters. The molecule has 0 bridgehead atoms. The minimum atomic E-state index is -0.344. The highest BCUT2D eigenvalue weighted by atomic mass is 79.9. The number of urea groups is 1. The lowest BCUT2D eigenvalue weighted by molar-refractivity contribution is -0.118. The molecule has 0 aliphatic heterocycles. The van der Waals surface area contributed by atoms with Gasteiger partial charge in [-0.1, -0.05) is 11.6 Å². The van der Waals surface area contributed by atoms with Crippen molar-refractivity contribution in [3.63, 3.8) is 0 Å². The maximum atomic E-state index is 11.5. The summed E-state index contributed by atoms with van der Waals surface area (Å²) in [6, 6.07) is 4.72. The van der Waals surface area contributed by atoms with Crippen molar-refractivity contribution in [1.82, 2.24) is 10.6 Å². The van der Waals surface area contributed by atoms with Gasteiger partial charge in [-0.25, -0.2) is 4.79 Å². The van der Waals surface area contributed by atoms with E-state index in [2.05, 4.69) is 31.9 Å². The normalized spacial score (nSPS) is 9.72. The third kappa shape index (κ3) is 5.37. The van der Waals surface area contributed by atoms with Crippen LogP contribution in [0, 0.1) is 0 Å². The summed E-state index contributed by atoms with van der Waals surface area (Å²) in [5, 5.41) is 8.42. The molecule has 0 aliphatic rings. The van der Waals surface area contributed by atoms with Crippen LogP contribution in [0.25, 0.3) is 0 Å². The van der Waals surface area contributed by atoms with Crippen molar-refractivity contribution < 1.29 is 9.59 Å². The van der Waals surface area contributed by atoms with E-state index in [-0.39, 0.29) is 11.9 Å². The van der Waals surface area contributed by atoms with Crippen LogP contribution in [0.4, 0.5) is 10.5 Å². The highest BCUT2D eigenvalue weighted by Gasteiger charge is 2.05. The molecule has 0 spiro atoms. The van der Waals surface area contributed by atoms with Gasteiger partial charge in [-0.15, -0.1) is 0 Å². The second kappa shape index (κ2) is 7.23. The number of anilines is 1. The number of rotatable bonds is 4. The van der Waals surface area contributed by atoms with Crippen molar-refractivity contribution in [2.75, 3.05) is 18.4 Å². The first kappa shape index (κ1) is 14.8. The molecule has 3 N–H and O–H groups in total. The Morgan fingerprint density at radius 3 is 2.56 bits per heavy atom. The van der Waals surface area contributed by atoms with Gasteiger partial charge in [-0.3, -0.25) is 4.79 Å². The van der Waals surface area contributed by atoms with Gasteiger partial charge in [0, 0.05) is 29.5 Å². The van der Waals surface area contributed by atoms with E-state index in [1.54, 1.807) is 18.2 Å². The van der Waals surface area contributed by atoms with E-state index in [1.807, 2.05) is 0 Å². The molecule has 1 aromatic carbocycles. The second-order valence-corrected chi connectivity index (χ2v) is 4.78. The number of amides is 3. The minimum absolute atomic E-state index is 0.127. The van der Waals surface area contributed by atoms with Crippen LogP contribution in [0.2, 0.25) is 5.02 Å². The Bertz CT molecular complexity index is 454. The lowest BCUT2D eigenvalue weighted by Gasteiger charge is -2.09. The van der Waals surface area contributed by atoms with Crippen LogP contribution in [0.15, 0.2) is 22.7 Å². The fourth-order valence-corrected chi connectivity index (χ4v) is 1.95. The van der Waals surface area contributed by atoms with Crippen LogP contribution >= 0.6 is 27.5 Å². The van der Waals surface area contributed by atoms with Crippen molar-refractivity contribution in [1.29, 1.82) is 0 Å². The van der Waals surface area contributed by atoms with Crippen molar-refractivity contribution >= 4 is 45.2 Å². The zero-order valence-electron chi connectivity index (χ0n) is 9.72. The first-order valence-corrected chi connectivity index (χ1v) is 6.40. The molecule has 18 heavy (non-hydrogen) atoms. The number of benzene rings is 1. The summed E-state index contributed by atoms with van der Waals surface area (Å²) in [5.74, 6) is -0.127. The predicted molar refractivity (Wildman–Crippen MR) is 74.9 cm³/mol. The van der Waals surface area contributed by atoms with E-state index in [1.165, 1.54) is 6.92 Å². The first-order chi connectivity index (χ1) is 8.49. The molecule has 5 nitrogen and oxygen atoms in total. The summed E-state index contributed by atoms with van der Waals surface area (Å²) < 4.78 is 0.701. The summed E-state index contributed by atoms with van der Waals surface area (Å²) in [6.45, 7) is 2.17. The Balaban J connectivity index is 2.38. The van der Waals surface area contributed by atoms with Crippen LogP contribution in [-0.2, 0) is 4.79 Å². The molecule has 0 heterocycles. The van der Waals surface area contributed by atoms with E-state index in [0.29, 0.717) is 28.3 Å². The molecule has 0 atom stereocenters. The Labute approximate surface area is 118 Å². The van der Waals surface area contributed by atoms with E-state index >= 15 is 0 Å². The van der Waals surface area contributed by atoms with Gasteiger partial charge in [0.25, 0.3) is 0 Å². The Hall–Kier alpha value is -1.27. The highest BCUT2D eigenvalue weighted by molar-refractivity contribution is 9.10. The smallest absolute Gasteiger partial charge is 0.319 e. The molecule has 0 fully saturated rings. The molecule has 1 aromatic rings. The zero-order chi connectivity index (χ0) is 13.5. The largest absolute Gasteiger partial charge is 0.355 e. The van der Waals surface area contributed by atoms with Crippen molar-refractivity contribution in [3.8, 4) is 0 Å². The van der Waals surface area contributed by atoms with Crippen molar-refractivity contribution in [3.05, 3.63) is 27.7 Å². The Morgan fingerprint density at radius 1 is 1.28 bits per heavy atom. The standard InChI is InChI=1S/C11H13BrClN3O2/c1-7(17)14-4-5-15-11(18)16-10-3-2-8(13)6-9(10)12/h2-3,6H,4-5H2,1H3,(H,14,17)(H2,15,16,18). The fraction of sp³-hybridized carbons (Fsp3) is 0.273. The molecule has 0 aromatic heterocycles. The highest BCUT2D eigenvalue weighted by Crippen LogP contribution is 2.25. The lowest BCUT2D eigenvalue weighted by atomic mass is 10.3. The van der Waals surface area contributed by atoms with Crippen LogP contribution in [-0.4, -0.2) is 25.0 Å². The summed E-state index contributed by atoms with van der Waals surface area (Å²) in [6.07, 6.45) is 0. The van der Waals surface area contributed by atoms with E-state index < -0.39 is 0 Å². The van der Waals surface area contributed by atoms with Crippen LogP contribution in [0.3, 0.4) is 0 Å². The zero-order valence-corrected chi connectivity index (χ0v) is 12.1. The summed E-state index contributed by atoms with van der Waals surface area (Å²) >= 11 is 9.08. The van der Waals surface area contributed by atoms with Gasteiger partial charge in [-0.05, 0) is 34.1 Å². The topological polar surface area (TPSA) is 70.2 Å². The maximum absolute atomic E-state index is 11.5. The molecule has 98 valence electrons. The number of nitrogens with one attached hydrogen (secondary N) is 3. The number of hydrogen-bond acceptors (Lipinski definition) is 2. The minimum Gasteiger partial charge on any atom is -0.355 e. The fourth-order valence-electron chi connectivity index (χ4n) is 1.17. The van der Waals surface area contributed by atoms with Gasteiger partial charge in [0.05, 0.1) is 5.69 Å². The molecule has 7 heteroatoms. The SMILES string of the molecule is CC(=O)NCCNC(=O)Nc1ccc(Cl)cc1Br. The molecular formula is C11H13BrClN3O2. The molecule has 1 rings (SSSR count). The Kier molecular flexibility index (Phi) is 5.94. The van der Waals surface area contributed by atoms with Gasteiger partial charge < -0.3 is 16.0 Å². The second-order valence-electron chi connectivity index (χ2n) is 3.49. The van der Waals surface area contributed by atoms with Crippen LogP contribution < -0.4 is 16.0 Å². The first-order valence-electron chi connectivity index (χ1n) is 5.23. The molecule has 3 amide bonds. The Morgan fingerprint density at radius 2 is 1.94 bits per heavy atom. The average molecular weight is 335 g/mol. The maximum Gasteiger partial charge on any atom is 0.319 e. The predicted octanol–water partition coefficient (Wildman–Crippen LogP) is 2.36. The van der Waals surface area contributed by atoms with Crippen molar-refractivity contribution in [2.45, 2.75) is 6.92 Å². The summed E-state index contributed by atoms with van der Waals surface area (Å²) in [7, 11) is 0. The molecule has 0 radical (unpaired) electrons. The van der Waals surface area contributed by atoms with E-state index in [9.17, 15) is 9.59 Å². The third-order valence-corrected chi connectivity index (χ3v) is 2.86. The molecular weight excluding hydrogens is 321 g/mol. The third-order valence-electron chi connectivity index (χ3n) is 1.96. The van der Waals surface area contributed by atoms with E-state index in [0.717, 1.165) is 0 Å². The molecule has 0 saturated heterocycles. The van der Waals surface area contributed by atoms with Gasteiger partial charge in [0.15, 0.2) is 0 Å².